The first kappa shape index (κ1) is 75.3. The summed E-state index contributed by atoms with van der Waals surface area (Å²) < 4.78 is 7.74. The van der Waals surface area contributed by atoms with Crippen LogP contribution in [0.15, 0.2) is 394 Å². The molecule has 5 heterocycles. The van der Waals surface area contributed by atoms with Crippen LogP contribution in [-0.2, 0) is 16.2 Å². The second-order valence-electron chi connectivity index (χ2n) is 38.7. The lowest BCUT2D eigenvalue weighted by atomic mass is 9.33. The first-order valence-corrected chi connectivity index (χ1v) is 45.2. The molecule has 23 aromatic rings. The molecule has 5 nitrogen and oxygen atoms in total. The van der Waals surface area contributed by atoms with E-state index < -0.39 is 0 Å². The molecular formula is C122H92BN5. The minimum absolute atomic E-state index is 0.107. The van der Waals surface area contributed by atoms with Gasteiger partial charge < -0.3 is 23.5 Å². The third-order valence-electron chi connectivity index (χ3n) is 28.2. The first-order chi connectivity index (χ1) is 62.4. The van der Waals surface area contributed by atoms with Crippen LogP contribution in [-0.4, -0.2) is 20.4 Å². The smallest absolute Gasteiger partial charge is 0.252 e. The Labute approximate surface area is 746 Å². The summed E-state index contributed by atoms with van der Waals surface area (Å²) >= 11 is 0. The van der Waals surface area contributed by atoms with Gasteiger partial charge in [-0.15, -0.1) is 0 Å². The Morgan fingerprint density at radius 2 is 0.523 bits per heavy atom. The normalized spacial score (nSPS) is 13.0. The van der Waals surface area contributed by atoms with Gasteiger partial charge in [-0.25, -0.2) is 0 Å². The van der Waals surface area contributed by atoms with E-state index in [9.17, 15) is 0 Å². The van der Waals surface area contributed by atoms with Crippen molar-refractivity contribution in [3.8, 4) is 83.8 Å². The van der Waals surface area contributed by atoms with E-state index in [0.29, 0.717) is 0 Å². The van der Waals surface area contributed by atoms with E-state index in [1.165, 1.54) is 97.7 Å². The van der Waals surface area contributed by atoms with E-state index in [-0.39, 0.29) is 23.0 Å². The van der Waals surface area contributed by atoms with Crippen LogP contribution in [0.3, 0.4) is 0 Å². The van der Waals surface area contributed by atoms with Crippen LogP contribution in [0.1, 0.15) is 79.0 Å². The number of benzene rings is 20. The van der Waals surface area contributed by atoms with Crippen LogP contribution >= 0.6 is 0 Å². The highest BCUT2D eigenvalue weighted by Gasteiger charge is 2.47. The van der Waals surface area contributed by atoms with Crippen molar-refractivity contribution in [2.75, 3.05) is 9.80 Å². The summed E-state index contributed by atoms with van der Waals surface area (Å²) in [6.45, 7) is 20.6. The van der Waals surface area contributed by atoms with E-state index in [1.807, 2.05) is 0 Å². The minimum atomic E-state index is -0.354. The molecule has 20 aromatic carbocycles. The van der Waals surface area contributed by atoms with Crippen molar-refractivity contribution >= 4 is 155 Å². The number of aromatic nitrogens is 3. The van der Waals surface area contributed by atoms with Crippen LogP contribution in [0, 0.1) is 0 Å². The number of nitrogens with zero attached hydrogens (tertiary/aromatic N) is 5. The number of fused-ring (bicyclic) bond motifs is 11. The van der Waals surface area contributed by atoms with Crippen molar-refractivity contribution in [2.24, 2.45) is 0 Å². The molecule has 0 amide bonds. The Hall–Kier alpha value is -15.2. The molecule has 0 spiro atoms. The van der Waals surface area contributed by atoms with Crippen molar-refractivity contribution in [2.45, 2.75) is 78.6 Å². The standard InChI is InChI=1S/C122H92BN5/c1-120(2,3)86-55-47-78(48-56-86)97-67-83(75-29-13-10-14-30-75)68-98(79-49-57-87(58-50-79)121(4,5)6)118(97)127-108-73-89(124-102-43-23-19-37-91(102)92-38-20-24-44-103(92)124)61-63-100(108)123-101-64-62-90(125-104-45-25-21-39-93(104)94-40-22-26-46-105(94)125)74-109(101)128(111-71-85(70-110(127)117(111)123)77-33-17-12-18-34-77)119-99(80-51-59-88(60-52-80)122(7,8)9)69-84(76-31-15-11-16-32-76)72-112(119)126-106-65-53-81-35-27-41-95-96-42-28-36-82-54-66-107(126)116(114(82)96)115(106)113(81)95/h10-74H,1-9H3. The van der Waals surface area contributed by atoms with Gasteiger partial charge in [-0.1, -0.05) is 360 Å². The van der Waals surface area contributed by atoms with Gasteiger partial charge in [-0.3, -0.25) is 0 Å². The highest BCUT2D eigenvalue weighted by molar-refractivity contribution is 7.00. The first-order valence-electron chi connectivity index (χ1n) is 45.2. The molecule has 0 saturated heterocycles. The zero-order valence-electron chi connectivity index (χ0n) is 73.3. The number of anilines is 6. The van der Waals surface area contributed by atoms with E-state index in [0.717, 1.165) is 151 Å². The summed E-state index contributed by atoms with van der Waals surface area (Å²) in [6.07, 6.45) is 0. The van der Waals surface area contributed by atoms with E-state index in [1.54, 1.807) is 0 Å². The maximum absolute atomic E-state index is 2.79. The molecule has 0 fully saturated rings. The molecule has 0 unspecified atom stereocenters. The Kier molecular flexibility index (Phi) is 16.6. The molecular weight excluding hydrogens is 1550 g/mol. The fraction of sp³-hybridized carbons (Fsp3) is 0.0984. The van der Waals surface area contributed by atoms with Gasteiger partial charge in [0.05, 0.1) is 50.2 Å². The SMILES string of the molecule is CC(C)(C)c1ccc(-c2cc(-c3ccccc3)cc(-c3ccc(C(C)(C)C)cc3)c2N2c3cc(-n4c5ccccc5c5ccccc54)ccc3B3c4ccc(-n5c6ccccc6c6ccccc65)cc4N(c4c(-c5ccc(C(C)(C)C)cc5)cc(-c5ccccc5)cc4-n4c5ccc6cccc7c8cccc9ccc4c(c98)c5c67)c4cc(-c5ccccc5)cc2c43)cc1. The third kappa shape index (κ3) is 11.5. The highest BCUT2D eigenvalue weighted by Crippen LogP contribution is 2.58. The van der Waals surface area contributed by atoms with Crippen LogP contribution in [0.5, 0.6) is 0 Å². The summed E-state index contributed by atoms with van der Waals surface area (Å²) in [7, 11) is 0. The molecule has 2 aliphatic rings. The predicted octanol–water partition coefficient (Wildman–Crippen LogP) is 31.3. The fourth-order valence-electron chi connectivity index (χ4n) is 22.0. The molecule has 3 aromatic heterocycles. The summed E-state index contributed by atoms with van der Waals surface area (Å²) in [5.74, 6) is 0. The molecule has 6 heteroatoms. The summed E-state index contributed by atoms with van der Waals surface area (Å²) in [5, 5.41) is 15.0. The van der Waals surface area contributed by atoms with E-state index in [2.05, 4.69) is 480 Å². The number of para-hydroxylation sites is 4. The quantitative estimate of drug-likeness (QED) is 0.0731. The zero-order valence-corrected chi connectivity index (χ0v) is 73.3. The van der Waals surface area contributed by atoms with Gasteiger partial charge in [0.25, 0.3) is 6.71 Å². The zero-order chi connectivity index (χ0) is 85.9. The van der Waals surface area contributed by atoms with Gasteiger partial charge in [0.15, 0.2) is 0 Å². The molecule has 128 heavy (non-hydrogen) atoms. The van der Waals surface area contributed by atoms with Gasteiger partial charge in [0.2, 0.25) is 0 Å². The Bertz CT molecular complexity index is 8170. The van der Waals surface area contributed by atoms with Gasteiger partial charge in [-0.2, -0.15) is 0 Å². The molecule has 0 aliphatic carbocycles. The average molecular weight is 1640 g/mol. The largest absolute Gasteiger partial charge is 0.310 e. The second kappa shape index (κ2) is 28.1. The number of rotatable bonds is 11. The monoisotopic (exact) mass is 1640 g/mol. The second-order valence-corrected chi connectivity index (χ2v) is 38.7. The molecule has 2 aliphatic heterocycles. The van der Waals surface area contributed by atoms with Crippen molar-refractivity contribution in [1.82, 2.24) is 13.7 Å². The summed E-state index contributed by atoms with van der Waals surface area (Å²) in [5.41, 5.74) is 37.1. The van der Waals surface area contributed by atoms with Gasteiger partial charge in [0.1, 0.15) is 0 Å². The van der Waals surface area contributed by atoms with Crippen LogP contribution in [0.2, 0.25) is 0 Å². The van der Waals surface area contributed by atoms with E-state index >= 15 is 0 Å². The van der Waals surface area contributed by atoms with Crippen molar-refractivity contribution in [3.05, 3.63) is 411 Å². The van der Waals surface area contributed by atoms with Gasteiger partial charge >= 0.3 is 0 Å². The predicted molar refractivity (Wildman–Crippen MR) is 547 cm³/mol. The minimum Gasteiger partial charge on any atom is -0.310 e. The number of hydrogen-bond donors (Lipinski definition) is 0. The molecule has 0 N–H and O–H groups in total. The van der Waals surface area contributed by atoms with E-state index in [4.69, 9.17) is 0 Å². The molecule has 0 saturated carbocycles. The van der Waals surface area contributed by atoms with Crippen molar-refractivity contribution in [3.63, 3.8) is 0 Å². The van der Waals surface area contributed by atoms with Crippen LogP contribution < -0.4 is 26.2 Å². The number of hydrogen-bond acceptors (Lipinski definition) is 2. The Balaban J connectivity index is 0.888. The topological polar surface area (TPSA) is 21.3 Å². The van der Waals surface area contributed by atoms with Crippen molar-refractivity contribution in [1.29, 1.82) is 0 Å². The molecule has 0 bridgehead atoms. The maximum Gasteiger partial charge on any atom is 0.252 e. The van der Waals surface area contributed by atoms with Gasteiger partial charge in [-0.05, 0) is 229 Å². The molecule has 608 valence electrons. The lowest BCUT2D eigenvalue weighted by molar-refractivity contribution is 0.590. The van der Waals surface area contributed by atoms with Gasteiger partial charge in [0, 0.05) is 83.1 Å². The molecule has 0 radical (unpaired) electrons. The highest BCUT2D eigenvalue weighted by atomic mass is 15.2. The molecule has 0 atom stereocenters. The maximum atomic E-state index is 2.79. The lowest BCUT2D eigenvalue weighted by Gasteiger charge is -2.46. The molecule has 25 rings (SSSR count). The third-order valence-corrected chi connectivity index (χ3v) is 28.2. The average Bonchev–Trinajstić information content (AvgIpc) is 1.33. The Morgan fingerprint density at radius 3 is 0.898 bits per heavy atom. The fourth-order valence-corrected chi connectivity index (χ4v) is 22.0. The summed E-state index contributed by atoms with van der Waals surface area (Å²) in [6, 6.07) is 152. The summed E-state index contributed by atoms with van der Waals surface area (Å²) in [4.78, 5) is 5.55. The van der Waals surface area contributed by atoms with Crippen molar-refractivity contribution < 1.29 is 0 Å². The lowest BCUT2D eigenvalue weighted by Crippen LogP contribution is -2.61. The van der Waals surface area contributed by atoms with Crippen LogP contribution in [0.4, 0.5) is 34.1 Å². The van der Waals surface area contributed by atoms with Crippen LogP contribution in [0.25, 0.3) is 182 Å². The Morgan fingerprint density at radius 1 is 0.203 bits per heavy atom.